The maximum Gasteiger partial charge on any atom is 0.433 e. The molecule has 1 aliphatic rings. The predicted molar refractivity (Wildman–Crippen MR) is 105 cm³/mol. The molecule has 0 amide bonds. The third-order valence-corrected chi connectivity index (χ3v) is 5.56. The lowest BCUT2D eigenvalue weighted by molar-refractivity contribution is -0.141. The molecule has 0 saturated carbocycles. The molecule has 3 aromatic heterocycles. The number of nitriles is 1. The van der Waals surface area contributed by atoms with Crippen LogP contribution in [-0.2, 0) is 18.9 Å². The molecule has 0 radical (unpaired) electrons. The molecule has 166 valence electrons. The highest BCUT2D eigenvalue weighted by Crippen LogP contribution is 2.44. The van der Waals surface area contributed by atoms with Gasteiger partial charge in [-0.2, -0.15) is 28.6 Å². The maximum absolute atomic E-state index is 15.8. The van der Waals surface area contributed by atoms with Gasteiger partial charge in [-0.15, -0.1) is 10.2 Å². The summed E-state index contributed by atoms with van der Waals surface area (Å²) in [6, 6.07) is 3.58. The standard InChI is InChI=1S/C20H18F4N8/c1-12-8-19(21,18-30-28-11-31(18)2)4-6-32(12)17-14(9-25)7-15(20(22,23)24)29-16(17)13-3-5-26-27-10-13/h3,5,7,10-12H,4,6,8H2,1-2H3/t12-,19+/m1/s1. The topological polar surface area (TPSA) is 96.4 Å². The fourth-order valence-corrected chi connectivity index (χ4v) is 4.11. The number of alkyl halides is 4. The van der Waals surface area contributed by atoms with Crippen molar-refractivity contribution in [1.29, 1.82) is 5.26 Å². The Labute approximate surface area is 180 Å². The molecular weight excluding hydrogens is 428 g/mol. The van der Waals surface area contributed by atoms with Crippen molar-refractivity contribution in [3.05, 3.63) is 47.9 Å². The third kappa shape index (κ3) is 3.74. The van der Waals surface area contributed by atoms with Crippen LogP contribution in [0.4, 0.5) is 23.2 Å². The summed E-state index contributed by atoms with van der Waals surface area (Å²) in [5, 5.41) is 24.7. The van der Waals surface area contributed by atoms with E-state index in [1.165, 1.54) is 29.4 Å². The first-order valence-electron chi connectivity index (χ1n) is 9.73. The van der Waals surface area contributed by atoms with Gasteiger partial charge < -0.3 is 9.47 Å². The van der Waals surface area contributed by atoms with E-state index in [1.807, 2.05) is 6.07 Å². The molecule has 2 atom stereocenters. The zero-order chi connectivity index (χ0) is 23.1. The van der Waals surface area contributed by atoms with Gasteiger partial charge in [0.25, 0.3) is 0 Å². The summed E-state index contributed by atoms with van der Waals surface area (Å²) >= 11 is 0. The van der Waals surface area contributed by atoms with E-state index in [0.29, 0.717) is 0 Å². The first-order valence-corrected chi connectivity index (χ1v) is 9.73. The third-order valence-electron chi connectivity index (χ3n) is 5.56. The summed E-state index contributed by atoms with van der Waals surface area (Å²) in [6.07, 6.45) is -0.695. The fourth-order valence-electron chi connectivity index (χ4n) is 4.11. The van der Waals surface area contributed by atoms with Crippen LogP contribution in [0.15, 0.2) is 30.9 Å². The zero-order valence-corrected chi connectivity index (χ0v) is 17.2. The Bertz CT molecular complexity index is 1170. The molecule has 0 unspecified atom stereocenters. The molecule has 1 aliphatic heterocycles. The molecule has 0 spiro atoms. The molecule has 0 bridgehead atoms. The van der Waals surface area contributed by atoms with Crippen molar-refractivity contribution in [3.8, 4) is 17.3 Å². The lowest BCUT2D eigenvalue weighted by Crippen LogP contribution is -2.47. The molecule has 0 aliphatic carbocycles. The van der Waals surface area contributed by atoms with Gasteiger partial charge in [-0.1, -0.05) is 0 Å². The molecule has 4 heterocycles. The Hall–Kier alpha value is -3.62. The quantitative estimate of drug-likeness (QED) is 0.569. The number of rotatable bonds is 3. The zero-order valence-electron chi connectivity index (χ0n) is 17.2. The van der Waals surface area contributed by atoms with Crippen molar-refractivity contribution in [3.63, 3.8) is 0 Å². The smallest absolute Gasteiger partial charge is 0.366 e. The Morgan fingerprint density at radius 3 is 2.59 bits per heavy atom. The summed E-state index contributed by atoms with van der Waals surface area (Å²) in [5.74, 6) is 0.189. The van der Waals surface area contributed by atoms with E-state index in [4.69, 9.17) is 0 Å². The summed E-state index contributed by atoms with van der Waals surface area (Å²) in [6.45, 7) is 1.88. The van der Waals surface area contributed by atoms with E-state index in [0.717, 1.165) is 6.07 Å². The first kappa shape index (κ1) is 21.6. The highest BCUT2D eigenvalue weighted by molar-refractivity contribution is 5.80. The van der Waals surface area contributed by atoms with Crippen LogP contribution >= 0.6 is 0 Å². The molecule has 8 nitrogen and oxygen atoms in total. The van der Waals surface area contributed by atoms with Crippen molar-refractivity contribution < 1.29 is 17.6 Å². The van der Waals surface area contributed by atoms with Crippen LogP contribution in [0, 0.1) is 11.3 Å². The van der Waals surface area contributed by atoms with Crippen molar-refractivity contribution in [2.24, 2.45) is 7.05 Å². The molecule has 0 N–H and O–H groups in total. The van der Waals surface area contributed by atoms with Gasteiger partial charge in [0, 0.05) is 38.0 Å². The van der Waals surface area contributed by atoms with E-state index < -0.39 is 23.6 Å². The van der Waals surface area contributed by atoms with Gasteiger partial charge in [-0.3, -0.25) is 0 Å². The van der Waals surface area contributed by atoms with E-state index >= 15 is 4.39 Å². The van der Waals surface area contributed by atoms with Crippen molar-refractivity contribution in [2.75, 3.05) is 11.4 Å². The Morgan fingerprint density at radius 1 is 1.25 bits per heavy atom. The van der Waals surface area contributed by atoms with E-state index in [2.05, 4.69) is 25.4 Å². The van der Waals surface area contributed by atoms with Crippen LogP contribution < -0.4 is 4.90 Å². The van der Waals surface area contributed by atoms with Crippen LogP contribution in [0.3, 0.4) is 0 Å². The highest BCUT2D eigenvalue weighted by Gasteiger charge is 2.44. The monoisotopic (exact) mass is 446 g/mol. The number of hydrogen-bond donors (Lipinski definition) is 0. The molecule has 12 heteroatoms. The summed E-state index contributed by atoms with van der Waals surface area (Å²) in [4.78, 5) is 5.54. The molecule has 32 heavy (non-hydrogen) atoms. The second-order valence-electron chi connectivity index (χ2n) is 7.72. The minimum Gasteiger partial charge on any atom is -0.366 e. The molecular formula is C20H18F4N8. The molecule has 4 rings (SSSR count). The highest BCUT2D eigenvalue weighted by atomic mass is 19.4. The van der Waals surface area contributed by atoms with Crippen LogP contribution in [0.1, 0.15) is 36.8 Å². The minimum atomic E-state index is -4.74. The number of pyridine rings is 1. The summed E-state index contributed by atoms with van der Waals surface area (Å²) in [7, 11) is 1.65. The SMILES string of the molecule is C[C@@H]1C[C@](F)(c2nncn2C)CCN1c1c(C#N)cc(C(F)(F)F)nc1-c1ccnnc1. The van der Waals surface area contributed by atoms with Gasteiger partial charge in [0.15, 0.2) is 11.5 Å². The van der Waals surface area contributed by atoms with Crippen LogP contribution in [0.2, 0.25) is 0 Å². The Balaban J connectivity index is 1.81. The van der Waals surface area contributed by atoms with Crippen LogP contribution in [0.5, 0.6) is 0 Å². The van der Waals surface area contributed by atoms with Gasteiger partial charge in [0.05, 0.1) is 29.3 Å². The number of halogens is 4. The van der Waals surface area contributed by atoms with Gasteiger partial charge in [-0.05, 0) is 19.1 Å². The van der Waals surface area contributed by atoms with E-state index in [9.17, 15) is 18.4 Å². The molecule has 3 aromatic rings. The number of piperidine rings is 1. The maximum atomic E-state index is 15.8. The predicted octanol–water partition coefficient (Wildman–Crippen LogP) is 3.41. The molecule has 1 saturated heterocycles. The van der Waals surface area contributed by atoms with Gasteiger partial charge >= 0.3 is 6.18 Å². The van der Waals surface area contributed by atoms with Crippen LogP contribution in [-0.4, -0.2) is 42.5 Å². The van der Waals surface area contributed by atoms with Gasteiger partial charge in [-0.25, -0.2) is 9.37 Å². The number of aromatic nitrogens is 6. The second-order valence-corrected chi connectivity index (χ2v) is 7.72. The molecule has 1 fully saturated rings. The van der Waals surface area contributed by atoms with E-state index in [-0.39, 0.29) is 47.7 Å². The number of anilines is 1. The van der Waals surface area contributed by atoms with Crippen molar-refractivity contribution in [2.45, 2.75) is 37.7 Å². The lowest BCUT2D eigenvalue weighted by Gasteiger charge is -2.42. The number of hydrogen-bond acceptors (Lipinski definition) is 7. The number of nitrogens with zero attached hydrogens (tertiary/aromatic N) is 8. The van der Waals surface area contributed by atoms with Gasteiger partial charge in [0.1, 0.15) is 18.1 Å². The van der Waals surface area contributed by atoms with Crippen molar-refractivity contribution in [1.82, 2.24) is 29.9 Å². The first-order chi connectivity index (χ1) is 15.1. The Morgan fingerprint density at radius 2 is 2.03 bits per heavy atom. The average molecular weight is 446 g/mol. The lowest BCUT2D eigenvalue weighted by atomic mass is 9.86. The minimum absolute atomic E-state index is 0.0134. The summed E-state index contributed by atoms with van der Waals surface area (Å²) < 4.78 is 57.7. The number of aryl methyl sites for hydroxylation is 1. The largest absolute Gasteiger partial charge is 0.433 e. The normalized spacial score (nSPS) is 21.4. The van der Waals surface area contributed by atoms with E-state index in [1.54, 1.807) is 18.9 Å². The summed E-state index contributed by atoms with van der Waals surface area (Å²) in [5.41, 5.74) is -2.71. The fraction of sp³-hybridized carbons (Fsp3) is 0.400. The van der Waals surface area contributed by atoms with Crippen molar-refractivity contribution >= 4 is 5.69 Å². The Kier molecular flexibility index (Phi) is 5.28. The second kappa shape index (κ2) is 7.81. The van der Waals surface area contributed by atoms with Crippen LogP contribution in [0.25, 0.3) is 11.3 Å². The average Bonchev–Trinajstić information content (AvgIpc) is 3.20. The molecule has 0 aromatic carbocycles. The van der Waals surface area contributed by atoms with Gasteiger partial charge in [0.2, 0.25) is 0 Å².